The third-order valence-corrected chi connectivity index (χ3v) is 6.81. The molecule has 0 aromatic carbocycles. The van der Waals surface area contributed by atoms with Gasteiger partial charge in [0.25, 0.3) is 0 Å². The van der Waals surface area contributed by atoms with E-state index in [0.717, 1.165) is 25.7 Å². The van der Waals surface area contributed by atoms with Gasteiger partial charge in [-0.2, -0.15) is 4.31 Å². The summed E-state index contributed by atoms with van der Waals surface area (Å²) in [5.74, 6) is -0.0791. The fourth-order valence-corrected chi connectivity index (χ4v) is 4.88. The van der Waals surface area contributed by atoms with Crippen molar-refractivity contribution in [3.8, 4) is 0 Å². The molecule has 1 amide bonds. The number of rotatable bonds is 4. The third kappa shape index (κ3) is 2.79. The van der Waals surface area contributed by atoms with Crippen molar-refractivity contribution in [2.24, 2.45) is 5.92 Å². The van der Waals surface area contributed by atoms with Crippen LogP contribution in [0, 0.1) is 5.92 Å². The molecule has 6 heteroatoms. The Labute approximate surface area is 114 Å². The van der Waals surface area contributed by atoms with Gasteiger partial charge in [0, 0.05) is 19.1 Å². The summed E-state index contributed by atoms with van der Waals surface area (Å²) in [5.41, 5.74) is 0. The molecule has 0 radical (unpaired) electrons. The topological polar surface area (TPSA) is 66.5 Å². The summed E-state index contributed by atoms with van der Waals surface area (Å²) in [6, 6.07) is 0.315. The summed E-state index contributed by atoms with van der Waals surface area (Å²) in [7, 11) is -3.08. The Morgan fingerprint density at radius 1 is 1.00 bits per heavy atom. The Bertz CT molecular complexity index is 447. The van der Waals surface area contributed by atoms with Gasteiger partial charge >= 0.3 is 0 Å². The number of nitrogens with zero attached hydrogens (tertiary/aromatic N) is 1. The highest BCUT2D eigenvalue weighted by molar-refractivity contribution is 7.90. The van der Waals surface area contributed by atoms with Crippen molar-refractivity contribution in [1.82, 2.24) is 9.62 Å². The van der Waals surface area contributed by atoms with Crippen LogP contribution in [-0.4, -0.2) is 43.0 Å². The van der Waals surface area contributed by atoms with E-state index in [2.05, 4.69) is 5.32 Å². The molecule has 1 N–H and O–H groups in total. The molecule has 5 nitrogen and oxygen atoms in total. The molecule has 19 heavy (non-hydrogen) atoms. The minimum atomic E-state index is -3.08. The SMILES string of the molecule is O=C(NC1CCCCC1)C1CN(S(=O)(=O)C2CC2)C1. The second-order valence-electron chi connectivity index (χ2n) is 6.10. The lowest BCUT2D eigenvalue weighted by Crippen LogP contribution is -2.57. The maximum Gasteiger partial charge on any atom is 0.225 e. The summed E-state index contributed by atoms with van der Waals surface area (Å²) < 4.78 is 25.3. The Hall–Kier alpha value is -0.620. The summed E-state index contributed by atoms with van der Waals surface area (Å²) in [6.45, 7) is 0.773. The van der Waals surface area contributed by atoms with Crippen molar-refractivity contribution in [2.75, 3.05) is 13.1 Å². The molecule has 2 saturated carbocycles. The van der Waals surface area contributed by atoms with E-state index in [1.165, 1.54) is 23.6 Å². The number of carbonyl (C=O) groups excluding carboxylic acids is 1. The molecule has 0 aromatic rings. The van der Waals surface area contributed by atoms with E-state index in [4.69, 9.17) is 0 Å². The Morgan fingerprint density at radius 3 is 2.21 bits per heavy atom. The van der Waals surface area contributed by atoms with Gasteiger partial charge in [0.2, 0.25) is 15.9 Å². The van der Waals surface area contributed by atoms with Crippen LogP contribution in [0.4, 0.5) is 0 Å². The van der Waals surface area contributed by atoms with Gasteiger partial charge in [-0.3, -0.25) is 4.79 Å². The maximum atomic E-state index is 12.0. The summed E-state index contributed by atoms with van der Waals surface area (Å²) in [4.78, 5) is 12.0. The van der Waals surface area contributed by atoms with E-state index in [0.29, 0.717) is 19.1 Å². The molecule has 1 saturated heterocycles. The van der Waals surface area contributed by atoms with E-state index in [-0.39, 0.29) is 17.1 Å². The summed E-state index contributed by atoms with van der Waals surface area (Å²) >= 11 is 0. The molecule has 2 aliphatic carbocycles. The van der Waals surface area contributed by atoms with Gasteiger partial charge in [-0.1, -0.05) is 19.3 Å². The quantitative estimate of drug-likeness (QED) is 0.833. The van der Waals surface area contributed by atoms with Gasteiger partial charge in [-0.15, -0.1) is 0 Å². The van der Waals surface area contributed by atoms with Crippen molar-refractivity contribution in [1.29, 1.82) is 0 Å². The number of nitrogens with one attached hydrogen (secondary N) is 1. The van der Waals surface area contributed by atoms with Gasteiger partial charge in [-0.25, -0.2) is 8.42 Å². The van der Waals surface area contributed by atoms with Crippen LogP contribution in [0.5, 0.6) is 0 Å². The van der Waals surface area contributed by atoms with Crippen LogP contribution in [-0.2, 0) is 14.8 Å². The normalized spacial score (nSPS) is 26.9. The molecule has 0 unspecified atom stereocenters. The molecule has 0 atom stereocenters. The number of hydrogen-bond acceptors (Lipinski definition) is 3. The molecular weight excluding hydrogens is 264 g/mol. The maximum absolute atomic E-state index is 12.0. The molecular formula is C13H22N2O3S. The average molecular weight is 286 g/mol. The Kier molecular flexibility index (Phi) is 3.55. The van der Waals surface area contributed by atoms with E-state index < -0.39 is 10.0 Å². The first-order valence-electron chi connectivity index (χ1n) is 7.37. The van der Waals surface area contributed by atoms with Gasteiger partial charge in [0.05, 0.1) is 11.2 Å². The molecule has 1 heterocycles. The monoisotopic (exact) mass is 286 g/mol. The number of amides is 1. The highest BCUT2D eigenvalue weighted by atomic mass is 32.2. The van der Waals surface area contributed by atoms with Crippen molar-refractivity contribution >= 4 is 15.9 Å². The van der Waals surface area contributed by atoms with Crippen molar-refractivity contribution in [3.05, 3.63) is 0 Å². The zero-order valence-electron chi connectivity index (χ0n) is 11.2. The Morgan fingerprint density at radius 2 is 1.63 bits per heavy atom. The van der Waals surface area contributed by atoms with E-state index in [1.54, 1.807) is 0 Å². The van der Waals surface area contributed by atoms with Gasteiger partial charge in [0.15, 0.2) is 0 Å². The largest absolute Gasteiger partial charge is 0.353 e. The standard InChI is InChI=1S/C13H22N2O3S/c16-13(14-11-4-2-1-3-5-11)10-8-15(9-10)19(17,18)12-6-7-12/h10-12H,1-9H2,(H,14,16). The van der Waals surface area contributed by atoms with Crippen molar-refractivity contribution in [2.45, 2.75) is 56.2 Å². The zero-order valence-corrected chi connectivity index (χ0v) is 12.0. The predicted molar refractivity (Wildman–Crippen MR) is 72.0 cm³/mol. The molecule has 0 spiro atoms. The van der Waals surface area contributed by atoms with Crippen LogP contribution < -0.4 is 5.32 Å². The number of carbonyl (C=O) groups is 1. The zero-order chi connectivity index (χ0) is 13.5. The predicted octanol–water partition coefficient (Wildman–Crippen LogP) is 0.859. The van der Waals surface area contributed by atoms with Crippen LogP contribution in [0.3, 0.4) is 0 Å². The molecule has 3 rings (SSSR count). The van der Waals surface area contributed by atoms with Crippen LogP contribution >= 0.6 is 0 Å². The molecule has 0 aromatic heterocycles. The van der Waals surface area contributed by atoms with Crippen LogP contribution in [0.25, 0.3) is 0 Å². The highest BCUT2D eigenvalue weighted by Gasteiger charge is 2.47. The molecule has 3 aliphatic rings. The van der Waals surface area contributed by atoms with Crippen LogP contribution in [0.15, 0.2) is 0 Å². The minimum absolute atomic E-state index is 0.0501. The fourth-order valence-electron chi connectivity index (χ4n) is 2.95. The first-order valence-corrected chi connectivity index (χ1v) is 8.87. The second kappa shape index (κ2) is 5.05. The summed E-state index contributed by atoms with van der Waals surface area (Å²) in [6.07, 6.45) is 7.37. The molecule has 0 bridgehead atoms. The van der Waals surface area contributed by atoms with Gasteiger partial charge < -0.3 is 5.32 Å². The average Bonchev–Trinajstić information content (AvgIpc) is 3.11. The minimum Gasteiger partial charge on any atom is -0.353 e. The summed E-state index contributed by atoms with van der Waals surface area (Å²) in [5, 5.41) is 2.92. The third-order valence-electron chi connectivity index (χ3n) is 4.48. The van der Waals surface area contributed by atoms with E-state index in [9.17, 15) is 13.2 Å². The molecule has 3 fully saturated rings. The fraction of sp³-hybridized carbons (Fsp3) is 0.923. The number of sulfonamides is 1. The van der Waals surface area contributed by atoms with Gasteiger partial charge in [0.1, 0.15) is 0 Å². The second-order valence-corrected chi connectivity index (χ2v) is 8.31. The first-order chi connectivity index (χ1) is 9.07. The van der Waals surface area contributed by atoms with E-state index in [1.807, 2.05) is 0 Å². The highest BCUT2D eigenvalue weighted by Crippen LogP contribution is 2.34. The lowest BCUT2D eigenvalue weighted by atomic mass is 9.94. The number of hydrogen-bond donors (Lipinski definition) is 1. The lowest BCUT2D eigenvalue weighted by molar-refractivity contribution is -0.129. The smallest absolute Gasteiger partial charge is 0.225 e. The lowest BCUT2D eigenvalue weighted by Gasteiger charge is -2.38. The molecule has 1 aliphatic heterocycles. The van der Waals surface area contributed by atoms with Crippen LogP contribution in [0.2, 0.25) is 0 Å². The van der Waals surface area contributed by atoms with Crippen molar-refractivity contribution < 1.29 is 13.2 Å². The van der Waals surface area contributed by atoms with Gasteiger partial charge in [-0.05, 0) is 25.7 Å². The van der Waals surface area contributed by atoms with Crippen LogP contribution in [0.1, 0.15) is 44.9 Å². The van der Waals surface area contributed by atoms with Crippen molar-refractivity contribution in [3.63, 3.8) is 0 Å². The first kappa shape index (κ1) is 13.4. The van der Waals surface area contributed by atoms with E-state index >= 15 is 0 Å². The Balaban J connectivity index is 1.46. The molecule has 108 valence electrons.